The molecule has 0 fully saturated rings. The van der Waals surface area contributed by atoms with E-state index in [9.17, 15) is 4.79 Å². The molecule has 0 aliphatic carbocycles. The van der Waals surface area contributed by atoms with Crippen LogP contribution >= 0.6 is 0 Å². The van der Waals surface area contributed by atoms with Gasteiger partial charge in [-0.2, -0.15) is 0 Å². The van der Waals surface area contributed by atoms with Crippen molar-refractivity contribution >= 4 is 5.91 Å². The number of nitrogens with zero attached hydrogens (tertiary/aromatic N) is 1. The van der Waals surface area contributed by atoms with Crippen LogP contribution in [0.2, 0.25) is 0 Å². The highest BCUT2D eigenvalue weighted by atomic mass is 16.1. The van der Waals surface area contributed by atoms with Crippen LogP contribution in [0, 0.1) is 0 Å². The fourth-order valence-electron chi connectivity index (χ4n) is 1.41. The third kappa shape index (κ3) is 5.47. The highest BCUT2D eigenvalue weighted by Crippen LogP contribution is 2.03. The lowest BCUT2D eigenvalue weighted by molar-refractivity contribution is -0.121. The van der Waals surface area contributed by atoms with Crippen LogP contribution < -0.4 is 11.1 Å². The molecule has 0 saturated heterocycles. The number of nitrogens with two attached hydrogens (primary N) is 1. The van der Waals surface area contributed by atoms with Gasteiger partial charge in [0.25, 0.3) is 0 Å². The van der Waals surface area contributed by atoms with Gasteiger partial charge in [-0.15, -0.1) is 0 Å². The molecule has 4 heteroatoms. The molecular formula is C13H21N3O. The lowest BCUT2D eigenvalue weighted by Crippen LogP contribution is -2.26. The van der Waals surface area contributed by atoms with E-state index in [-0.39, 0.29) is 5.91 Å². The van der Waals surface area contributed by atoms with Crippen molar-refractivity contribution in [3.8, 4) is 0 Å². The summed E-state index contributed by atoms with van der Waals surface area (Å²) >= 11 is 0. The van der Waals surface area contributed by atoms with Gasteiger partial charge in [-0.25, -0.2) is 0 Å². The first kappa shape index (κ1) is 13.7. The molecule has 1 aromatic rings. The van der Waals surface area contributed by atoms with Crippen molar-refractivity contribution in [1.82, 2.24) is 10.2 Å². The summed E-state index contributed by atoms with van der Waals surface area (Å²) in [5.74, 6) is 0.0848. The Morgan fingerprint density at radius 3 is 2.35 bits per heavy atom. The van der Waals surface area contributed by atoms with Gasteiger partial charge in [-0.1, -0.05) is 24.3 Å². The highest BCUT2D eigenvalue weighted by molar-refractivity contribution is 5.76. The second-order valence-electron chi connectivity index (χ2n) is 4.35. The first-order chi connectivity index (χ1) is 8.11. The van der Waals surface area contributed by atoms with Gasteiger partial charge in [-0.3, -0.25) is 4.79 Å². The summed E-state index contributed by atoms with van der Waals surface area (Å²) in [5, 5.41) is 2.89. The molecule has 0 atom stereocenters. The fraction of sp³-hybridized carbons (Fsp3) is 0.462. The van der Waals surface area contributed by atoms with E-state index in [1.54, 1.807) is 0 Å². The number of rotatable bonds is 6. The Kier molecular flexibility index (Phi) is 5.66. The predicted molar refractivity (Wildman–Crippen MR) is 69.4 cm³/mol. The van der Waals surface area contributed by atoms with Crippen LogP contribution in [0.15, 0.2) is 24.3 Å². The van der Waals surface area contributed by atoms with Crippen molar-refractivity contribution in [2.75, 3.05) is 20.6 Å². The molecule has 1 rings (SSSR count). The van der Waals surface area contributed by atoms with E-state index >= 15 is 0 Å². The summed E-state index contributed by atoms with van der Waals surface area (Å²) in [6.07, 6.45) is 0.536. The Balaban J connectivity index is 2.31. The number of hydrogen-bond acceptors (Lipinski definition) is 3. The van der Waals surface area contributed by atoms with Crippen molar-refractivity contribution < 1.29 is 4.79 Å². The minimum absolute atomic E-state index is 0.0848. The number of amides is 1. The van der Waals surface area contributed by atoms with Gasteiger partial charge in [0, 0.05) is 26.1 Å². The molecule has 17 heavy (non-hydrogen) atoms. The lowest BCUT2D eigenvalue weighted by atomic mass is 10.1. The second-order valence-corrected chi connectivity index (χ2v) is 4.35. The van der Waals surface area contributed by atoms with Crippen molar-refractivity contribution in [1.29, 1.82) is 0 Å². The zero-order valence-corrected chi connectivity index (χ0v) is 10.6. The smallest absolute Gasteiger partial charge is 0.221 e. The fourth-order valence-corrected chi connectivity index (χ4v) is 1.41. The SMILES string of the molecule is CN(C)CCC(=O)NCc1ccc(CN)cc1. The monoisotopic (exact) mass is 235 g/mol. The van der Waals surface area contributed by atoms with Gasteiger partial charge >= 0.3 is 0 Å². The van der Waals surface area contributed by atoms with Crippen molar-refractivity contribution in [2.24, 2.45) is 5.73 Å². The molecule has 3 N–H and O–H groups in total. The van der Waals surface area contributed by atoms with E-state index in [2.05, 4.69) is 5.32 Å². The van der Waals surface area contributed by atoms with Crippen LogP contribution in [0.3, 0.4) is 0 Å². The number of carbonyl (C=O) groups excluding carboxylic acids is 1. The van der Waals surface area contributed by atoms with Crippen LogP contribution in [0.4, 0.5) is 0 Å². The quantitative estimate of drug-likeness (QED) is 0.763. The summed E-state index contributed by atoms with van der Waals surface area (Å²) in [5.41, 5.74) is 7.72. The number of benzene rings is 1. The molecular weight excluding hydrogens is 214 g/mol. The van der Waals surface area contributed by atoms with Crippen LogP contribution in [0.25, 0.3) is 0 Å². The zero-order valence-electron chi connectivity index (χ0n) is 10.6. The predicted octanol–water partition coefficient (Wildman–Crippen LogP) is 0.713. The Morgan fingerprint density at radius 2 is 1.82 bits per heavy atom. The third-order valence-electron chi connectivity index (χ3n) is 2.53. The number of hydrogen-bond donors (Lipinski definition) is 2. The van der Waals surface area contributed by atoms with E-state index < -0.39 is 0 Å². The average molecular weight is 235 g/mol. The molecule has 0 saturated carbocycles. The molecule has 0 heterocycles. The van der Waals surface area contributed by atoms with Gasteiger partial charge in [0.05, 0.1) is 0 Å². The standard InChI is InChI=1S/C13H21N3O/c1-16(2)8-7-13(17)15-10-12-5-3-11(9-14)4-6-12/h3-6H,7-10,14H2,1-2H3,(H,15,17). The Labute approximate surface area is 103 Å². The average Bonchev–Trinajstić information content (AvgIpc) is 2.34. The van der Waals surface area contributed by atoms with E-state index in [0.29, 0.717) is 19.5 Å². The number of carbonyl (C=O) groups is 1. The van der Waals surface area contributed by atoms with Gasteiger partial charge in [-0.05, 0) is 25.2 Å². The molecule has 94 valence electrons. The molecule has 0 aliphatic rings. The van der Waals surface area contributed by atoms with Crippen LogP contribution in [-0.2, 0) is 17.9 Å². The maximum Gasteiger partial charge on any atom is 0.221 e. The summed E-state index contributed by atoms with van der Waals surface area (Å²) < 4.78 is 0. The maximum absolute atomic E-state index is 11.5. The van der Waals surface area contributed by atoms with Gasteiger partial charge in [0.1, 0.15) is 0 Å². The molecule has 1 amide bonds. The molecule has 0 unspecified atom stereocenters. The summed E-state index contributed by atoms with van der Waals surface area (Å²) in [7, 11) is 3.91. The van der Waals surface area contributed by atoms with Crippen LogP contribution in [0.1, 0.15) is 17.5 Å². The summed E-state index contributed by atoms with van der Waals surface area (Å²) in [6, 6.07) is 7.96. The minimum Gasteiger partial charge on any atom is -0.352 e. The third-order valence-corrected chi connectivity index (χ3v) is 2.53. The molecule has 0 radical (unpaired) electrons. The largest absolute Gasteiger partial charge is 0.352 e. The van der Waals surface area contributed by atoms with Gasteiger partial charge in [0.15, 0.2) is 0 Å². The van der Waals surface area contributed by atoms with Crippen molar-refractivity contribution in [2.45, 2.75) is 19.5 Å². The second kappa shape index (κ2) is 7.04. The molecule has 0 bridgehead atoms. The minimum atomic E-state index is 0.0848. The molecule has 4 nitrogen and oxygen atoms in total. The number of nitrogens with one attached hydrogen (secondary N) is 1. The van der Waals surface area contributed by atoms with E-state index in [0.717, 1.165) is 17.7 Å². The maximum atomic E-state index is 11.5. The zero-order chi connectivity index (χ0) is 12.7. The molecule has 0 aliphatic heterocycles. The van der Waals surface area contributed by atoms with Crippen molar-refractivity contribution in [3.05, 3.63) is 35.4 Å². The summed E-state index contributed by atoms with van der Waals surface area (Å²) in [4.78, 5) is 13.5. The van der Waals surface area contributed by atoms with Crippen LogP contribution in [0.5, 0.6) is 0 Å². The highest BCUT2D eigenvalue weighted by Gasteiger charge is 2.01. The van der Waals surface area contributed by atoms with E-state index in [1.807, 2.05) is 43.3 Å². The Hall–Kier alpha value is -1.39. The first-order valence-corrected chi connectivity index (χ1v) is 5.81. The normalized spacial score (nSPS) is 10.6. The lowest BCUT2D eigenvalue weighted by Gasteiger charge is -2.09. The Morgan fingerprint density at radius 1 is 1.24 bits per heavy atom. The molecule has 0 spiro atoms. The summed E-state index contributed by atoms with van der Waals surface area (Å²) in [6.45, 7) is 1.91. The molecule has 0 aromatic heterocycles. The van der Waals surface area contributed by atoms with Gasteiger partial charge in [0.2, 0.25) is 5.91 Å². The first-order valence-electron chi connectivity index (χ1n) is 5.81. The topological polar surface area (TPSA) is 58.4 Å². The van der Waals surface area contributed by atoms with E-state index in [4.69, 9.17) is 5.73 Å². The van der Waals surface area contributed by atoms with Gasteiger partial charge < -0.3 is 16.0 Å². The molecule has 1 aromatic carbocycles. The van der Waals surface area contributed by atoms with E-state index in [1.165, 1.54) is 0 Å². The Bertz CT molecular complexity index is 346. The van der Waals surface area contributed by atoms with Crippen LogP contribution in [-0.4, -0.2) is 31.4 Å². The van der Waals surface area contributed by atoms with Crippen molar-refractivity contribution in [3.63, 3.8) is 0 Å².